The molecule has 0 aliphatic rings. The van der Waals surface area contributed by atoms with E-state index in [2.05, 4.69) is 9.82 Å². The van der Waals surface area contributed by atoms with Crippen LogP contribution in [-0.2, 0) is 23.6 Å². The molecule has 1 N–H and O–H groups in total. The van der Waals surface area contributed by atoms with E-state index >= 15 is 0 Å². The quantitative estimate of drug-likeness (QED) is 0.414. The van der Waals surface area contributed by atoms with Gasteiger partial charge in [0.05, 0.1) is 5.66 Å². The van der Waals surface area contributed by atoms with E-state index in [-0.39, 0.29) is 5.66 Å². The van der Waals surface area contributed by atoms with Crippen molar-refractivity contribution in [2.45, 2.75) is 39.4 Å². The van der Waals surface area contributed by atoms with Gasteiger partial charge in [0, 0.05) is 12.3 Å². The van der Waals surface area contributed by atoms with Gasteiger partial charge in [0.25, 0.3) is 0 Å². The third-order valence-corrected chi connectivity index (χ3v) is 6.43. The minimum absolute atomic E-state index is 0.389. The monoisotopic (exact) mass is 393 g/mol. The van der Waals surface area contributed by atoms with Crippen molar-refractivity contribution in [3.63, 3.8) is 0 Å². The zero-order valence-electron chi connectivity index (χ0n) is 15.8. The molecular weight excluding hydrogens is 369 g/mol. The summed E-state index contributed by atoms with van der Waals surface area (Å²) in [5.41, 5.74) is -0.389. The van der Waals surface area contributed by atoms with E-state index in [0.29, 0.717) is 5.75 Å². The summed E-state index contributed by atoms with van der Waals surface area (Å²) >= 11 is 0. The van der Waals surface area contributed by atoms with Crippen molar-refractivity contribution in [3.05, 3.63) is 42.5 Å². The highest BCUT2D eigenvalue weighted by Gasteiger charge is 2.34. The Balaban J connectivity index is 2.16. The summed E-state index contributed by atoms with van der Waals surface area (Å²) in [6.45, 7) is 5.72. The first-order valence-electron chi connectivity index (χ1n) is 8.58. The van der Waals surface area contributed by atoms with Crippen LogP contribution in [0.2, 0.25) is 0 Å². The topological polar surface area (TPSA) is 90.9 Å². The maximum atomic E-state index is 13.4. The summed E-state index contributed by atoms with van der Waals surface area (Å²) < 4.78 is 28.7. The van der Waals surface area contributed by atoms with Crippen molar-refractivity contribution in [3.8, 4) is 5.75 Å². The van der Waals surface area contributed by atoms with Gasteiger partial charge in [0.1, 0.15) is 11.8 Å². The van der Waals surface area contributed by atoms with E-state index in [4.69, 9.17) is 9.26 Å². The van der Waals surface area contributed by atoms with Gasteiger partial charge < -0.3 is 14.0 Å². The fourth-order valence-corrected chi connectivity index (χ4v) is 3.98. The van der Waals surface area contributed by atoms with E-state index < -0.39 is 32.3 Å². The second kappa shape index (κ2) is 9.02. The fourth-order valence-electron chi connectivity index (χ4n) is 2.32. The third-order valence-electron chi connectivity index (χ3n) is 3.85. The maximum Gasteiger partial charge on any atom is 0.326 e. The molecule has 2 aromatic carbocycles. The molecule has 0 aliphatic carbocycles. The summed E-state index contributed by atoms with van der Waals surface area (Å²) in [5.74, 6) is -0.785. The van der Waals surface area contributed by atoms with Crippen molar-refractivity contribution < 1.29 is 28.2 Å². The van der Waals surface area contributed by atoms with E-state index in [1.807, 2.05) is 36.4 Å². The number of benzene rings is 2. The Labute approximate surface area is 158 Å². The van der Waals surface area contributed by atoms with Crippen LogP contribution < -0.4 is 9.61 Å². The molecule has 7 nitrogen and oxygen atoms in total. The Bertz CT molecular complexity index is 861. The second-order valence-corrected chi connectivity index (χ2v) is 8.99. The van der Waals surface area contributed by atoms with Crippen LogP contribution in [-0.4, -0.2) is 30.4 Å². The van der Waals surface area contributed by atoms with E-state index in [1.54, 1.807) is 19.9 Å². The molecule has 0 heterocycles. The summed E-state index contributed by atoms with van der Waals surface area (Å²) in [6.07, 6.45) is 0. The van der Waals surface area contributed by atoms with E-state index in [9.17, 15) is 14.2 Å². The molecule has 0 fully saturated rings. The minimum Gasteiger partial charge on any atom is -0.432 e. The molecule has 0 bridgehead atoms. The zero-order valence-corrected chi connectivity index (χ0v) is 16.7. The van der Waals surface area contributed by atoms with Crippen molar-refractivity contribution >= 4 is 30.2 Å². The lowest BCUT2D eigenvalue weighted by atomic mass is 10.1. The summed E-state index contributed by atoms with van der Waals surface area (Å²) in [6, 6.07) is 12.2. The maximum absolute atomic E-state index is 13.4. The molecule has 2 rings (SSSR count). The van der Waals surface area contributed by atoms with Gasteiger partial charge in [-0.1, -0.05) is 50.2 Å². The normalized spacial score (nSPS) is 14.4. The number of carbonyl (C=O) groups excluding carboxylic acids is 2. The molecule has 0 radical (unpaired) electrons. The molecule has 0 spiro atoms. The average molecular weight is 393 g/mol. The Morgan fingerprint density at radius 2 is 1.70 bits per heavy atom. The molecule has 27 heavy (non-hydrogen) atoms. The van der Waals surface area contributed by atoms with Crippen LogP contribution in [0.3, 0.4) is 0 Å². The molecule has 0 amide bonds. The number of carbonyl (C=O) groups is 2. The first kappa shape index (κ1) is 20.9. The molecule has 0 saturated heterocycles. The molecule has 0 aromatic heterocycles. The predicted molar refractivity (Wildman–Crippen MR) is 103 cm³/mol. The predicted octanol–water partition coefficient (Wildman–Crippen LogP) is 3.86. The average Bonchev–Trinajstić information content (AvgIpc) is 2.61. The summed E-state index contributed by atoms with van der Waals surface area (Å²) in [7, 11) is -3.44. The lowest BCUT2D eigenvalue weighted by molar-refractivity contribution is -0.166. The smallest absolute Gasteiger partial charge is 0.326 e. The highest BCUT2D eigenvalue weighted by molar-refractivity contribution is 7.58. The lowest BCUT2D eigenvalue weighted by Crippen LogP contribution is -2.36. The van der Waals surface area contributed by atoms with Gasteiger partial charge in [-0.25, -0.2) is 5.09 Å². The third kappa shape index (κ3) is 5.55. The first-order chi connectivity index (χ1) is 12.7. The number of esters is 2. The van der Waals surface area contributed by atoms with E-state index in [0.717, 1.165) is 10.8 Å². The van der Waals surface area contributed by atoms with Crippen LogP contribution in [0.4, 0.5) is 0 Å². The van der Waals surface area contributed by atoms with Crippen LogP contribution in [0.15, 0.2) is 42.5 Å². The molecule has 2 atom stereocenters. The van der Waals surface area contributed by atoms with Gasteiger partial charge in [-0.15, -0.1) is 0 Å². The lowest BCUT2D eigenvalue weighted by Gasteiger charge is -2.26. The first-order valence-corrected chi connectivity index (χ1v) is 10.3. The highest BCUT2D eigenvalue weighted by Crippen LogP contribution is 2.49. The van der Waals surface area contributed by atoms with Gasteiger partial charge in [0.15, 0.2) is 0 Å². The van der Waals surface area contributed by atoms with Crippen molar-refractivity contribution in [2.75, 3.05) is 6.79 Å². The Kier molecular flexibility index (Phi) is 6.99. The SMILES string of the molecule is CC(=O)OCOC(=O)[C@H](C)NP(=O)(Oc1cccc2ccccc12)C(C)C. The number of nitrogens with one attached hydrogen (secondary N) is 1. The summed E-state index contributed by atoms with van der Waals surface area (Å²) in [4.78, 5) is 22.8. The van der Waals surface area contributed by atoms with Crippen molar-refractivity contribution in [1.29, 1.82) is 0 Å². The van der Waals surface area contributed by atoms with Gasteiger partial charge >= 0.3 is 19.5 Å². The van der Waals surface area contributed by atoms with Crippen molar-refractivity contribution in [1.82, 2.24) is 5.09 Å². The minimum atomic E-state index is -3.44. The highest BCUT2D eigenvalue weighted by atomic mass is 31.2. The second-order valence-electron chi connectivity index (χ2n) is 6.33. The molecule has 8 heteroatoms. The van der Waals surface area contributed by atoms with Crippen LogP contribution in [0.5, 0.6) is 5.75 Å². The van der Waals surface area contributed by atoms with Gasteiger partial charge in [0.2, 0.25) is 6.79 Å². The van der Waals surface area contributed by atoms with Gasteiger partial charge in [-0.2, -0.15) is 0 Å². The fraction of sp³-hybridized carbons (Fsp3) is 0.368. The largest absolute Gasteiger partial charge is 0.432 e. The molecule has 1 unspecified atom stereocenters. The van der Waals surface area contributed by atoms with Crippen LogP contribution in [0.25, 0.3) is 10.8 Å². The van der Waals surface area contributed by atoms with E-state index in [1.165, 1.54) is 13.8 Å². The molecule has 2 aromatic rings. The number of hydrogen-bond acceptors (Lipinski definition) is 6. The van der Waals surface area contributed by atoms with Crippen LogP contribution >= 0.6 is 7.52 Å². The standard InChI is InChI=1S/C19H24NO6P/c1-13(2)27(23,20-14(3)19(22)25-12-24-15(4)21)26-18-11-7-9-16-8-5-6-10-17(16)18/h5-11,13-14H,12H2,1-4H3,(H,20,23)/t14-,27?/m0/s1. The molecule has 0 saturated carbocycles. The molecule has 146 valence electrons. The Hall–Kier alpha value is -2.37. The molecular formula is C19H24NO6P. The number of ether oxygens (including phenoxy) is 2. The Morgan fingerprint density at radius 3 is 2.37 bits per heavy atom. The number of rotatable bonds is 8. The Morgan fingerprint density at radius 1 is 1.04 bits per heavy atom. The van der Waals surface area contributed by atoms with Gasteiger partial charge in [-0.3, -0.25) is 14.2 Å². The number of fused-ring (bicyclic) bond motifs is 1. The number of hydrogen-bond donors (Lipinski definition) is 1. The molecule has 0 aliphatic heterocycles. The van der Waals surface area contributed by atoms with Crippen LogP contribution in [0.1, 0.15) is 27.7 Å². The van der Waals surface area contributed by atoms with Crippen molar-refractivity contribution in [2.24, 2.45) is 0 Å². The van der Waals surface area contributed by atoms with Crippen LogP contribution in [0, 0.1) is 0 Å². The summed E-state index contributed by atoms with van der Waals surface area (Å²) in [5, 5.41) is 4.55. The van der Waals surface area contributed by atoms with Gasteiger partial charge in [-0.05, 0) is 18.4 Å². The zero-order chi connectivity index (χ0) is 20.0.